The normalized spacial score (nSPS) is 12.2. The first-order chi connectivity index (χ1) is 15.9. The lowest BCUT2D eigenvalue weighted by Crippen LogP contribution is -2.30. The van der Waals surface area contributed by atoms with Gasteiger partial charge in [-0.15, -0.1) is 0 Å². The summed E-state index contributed by atoms with van der Waals surface area (Å²) in [4.78, 5) is 22.6. The fraction of sp³-hybridized carbons (Fsp3) is 0.517. The molecule has 0 unspecified atom stereocenters. The van der Waals surface area contributed by atoms with Gasteiger partial charge in [0.15, 0.2) is 0 Å². The summed E-state index contributed by atoms with van der Waals surface area (Å²) in [6, 6.07) is 8.50. The van der Waals surface area contributed by atoms with Gasteiger partial charge in [-0.25, -0.2) is 0 Å². The molecule has 2 rings (SSSR count). The standard InChI is InChI=1S/C16H25NO2.C11H15N.C2H6/c1-3-5-13(6-4-2)11-17-16(19)15-9-7-14(12-18)8-10-15;1-9(2)12-8-11-6-4-10(3)5-7-11;1-2/h7,9,12-13H,3-6,8,10-11H2,1-2H3,(H,17,19);4-7,12H,1,8H2,2-3H3;1-2H3. The van der Waals surface area contributed by atoms with Gasteiger partial charge >= 0.3 is 0 Å². The topological polar surface area (TPSA) is 58.2 Å². The summed E-state index contributed by atoms with van der Waals surface area (Å²) in [5.41, 5.74) is 5.16. The molecule has 0 saturated heterocycles. The van der Waals surface area contributed by atoms with Crippen molar-refractivity contribution in [3.05, 3.63) is 71.0 Å². The molecule has 2 N–H and O–H groups in total. The number of amides is 1. The van der Waals surface area contributed by atoms with Crippen LogP contribution in [0.3, 0.4) is 0 Å². The summed E-state index contributed by atoms with van der Waals surface area (Å²) in [7, 11) is 0. The highest BCUT2D eigenvalue weighted by molar-refractivity contribution is 5.94. The molecule has 1 aliphatic carbocycles. The number of allylic oxidation sites excluding steroid dienone is 4. The van der Waals surface area contributed by atoms with Crippen LogP contribution in [0.5, 0.6) is 0 Å². The van der Waals surface area contributed by atoms with Crippen molar-refractivity contribution < 1.29 is 9.59 Å². The molecule has 0 bridgehead atoms. The number of rotatable bonds is 11. The van der Waals surface area contributed by atoms with Gasteiger partial charge in [-0.2, -0.15) is 0 Å². The zero-order valence-corrected chi connectivity index (χ0v) is 21.8. The Bertz CT molecular complexity index is 754. The maximum atomic E-state index is 12.0. The second-order valence-corrected chi connectivity index (χ2v) is 8.32. The summed E-state index contributed by atoms with van der Waals surface area (Å²) in [5.74, 6) is 0.614. The van der Waals surface area contributed by atoms with Gasteiger partial charge in [0.25, 0.3) is 0 Å². The Balaban J connectivity index is 0.000000627. The average Bonchev–Trinajstić information content (AvgIpc) is 2.84. The quantitative estimate of drug-likeness (QED) is 0.361. The van der Waals surface area contributed by atoms with E-state index in [1.54, 1.807) is 12.2 Å². The van der Waals surface area contributed by atoms with Crippen LogP contribution in [0.15, 0.2) is 59.8 Å². The van der Waals surface area contributed by atoms with Crippen LogP contribution in [0.2, 0.25) is 0 Å². The van der Waals surface area contributed by atoms with E-state index in [9.17, 15) is 9.59 Å². The molecular formula is C29H46N2O2. The van der Waals surface area contributed by atoms with E-state index in [0.29, 0.717) is 18.8 Å². The maximum Gasteiger partial charge on any atom is 0.247 e. The van der Waals surface area contributed by atoms with Crippen molar-refractivity contribution in [3.8, 4) is 0 Å². The molecule has 4 heteroatoms. The predicted molar refractivity (Wildman–Crippen MR) is 142 cm³/mol. The van der Waals surface area contributed by atoms with E-state index in [-0.39, 0.29) is 5.91 Å². The average molecular weight is 455 g/mol. The third kappa shape index (κ3) is 14.2. The number of carbonyl (C=O) groups excluding carboxylic acids is 2. The van der Waals surface area contributed by atoms with E-state index in [0.717, 1.165) is 49.1 Å². The molecule has 1 aromatic carbocycles. The predicted octanol–water partition coefficient (Wildman–Crippen LogP) is 6.81. The zero-order valence-electron chi connectivity index (χ0n) is 21.8. The summed E-state index contributed by atoms with van der Waals surface area (Å²) in [6.45, 7) is 17.8. The minimum Gasteiger partial charge on any atom is -0.385 e. The number of benzene rings is 1. The highest BCUT2D eigenvalue weighted by Crippen LogP contribution is 2.18. The number of hydrogen-bond donors (Lipinski definition) is 2. The second-order valence-electron chi connectivity index (χ2n) is 8.32. The van der Waals surface area contributed by atoms with Crippen LogP contribution < -0.4 is 10.6 Å². The van der Waals surface area contributed by atoms with Crippen LogP contribution in [-0.2, 0) is 16.1 Å². The van der Waals surface area contributed by atoms with Crippen molar-refractivity contribution in [2.24, 2.45) is 5.92 Å². The number of aldehydes is 1. The lowest BCUT2D eigenvalue weighted by Gasteiger charge is -2.17. The van der Waals surface area contributed by atoms with Gasteiger partial charge in [-0.3, -0.25) is 9.59 Å². The Labute approximate surface area is 202 Å². The molecule has 0 radical (unpaired) electrons. The fourth-order valence-corrected chi connectivity index (χ4v) is 3.42. The van der Waals surface area contributed by atoms with Crippen molar-refractivity contribution in [2.45, 2.75) is 86.6 Å². The smallest absolute Gasteiger partial charge is 0.247 e. The van der Waals surface area contributed by atoms with E-state index in [1.807, 2.05) is 20.8 Å². The van der Waals surface area contributed by atoms with Gasteiger partial charge in [0.1, 0.15) is 6.29 Å². The third-order valence-electron chi connectivity index (χ3n) is 5.28. The van der Waals surface area contributed by atoms with Crippen LogP contribution in [0.25, 0.3) is 0 Å². The SMILES string of the molecule is C=C(C)NCc1ccc(C)cc1.CC.CCCC(CCC)CNC(=O)C1=CC=C(C=O)CC1. The zero-order chi connectivity index (χ0) is 25.1. The van der Waals surface area contributed by atoms with Crippen LogP contribution in [0.1, 0.15) is 84.3 Å². The molecule has 0 saturated carbocycles. The molecule has 0 atom stereocenters. The summed E-state index contributed by atoms with van der Waals surface area (Å²) in [5, 5.41) is 6.22. The first kappa shape index (κ1) is 30.4. The van der Waals surface area contributed by atoms with Crippen LogP contribution >= 0.6 is 0 Å². The van der Waals surface area contributed by atoms with E-state index in [4.69, 9.17) is 0 Å². The van der Waals surface area contributed by atoms with Crippen molar-refractivity contribution >= 4 is 12.2 Å². The molecule has 0 aliphatic heterocycles. The molecular weight excluding hydrogens is 408 g/mol. The van der Waals surface area contributed by atoms with Gasteiger partial charge in [-0.05, 0) is 56.6 Å². The number of carbonyl (C=O) groups is 2. The van der Waals surface area contributed by atoms with Crippen LogP contribution in [-0.4, -0.2) is 18.7 Å². The lowest BCUT2D eigenvalue weighted by molar-refractivity contribution is -0.118. The number of hydrogen-bond acceptors (Lipinski definition) is 3. The molecule has 1 aromatic rings. The van der Waals surface area contributed by atoms with Crippen molar-refractivity contribution in [1.29, 1.82) is 0 Å². The summed E-state index contributed by atoms with van der Waals surface area (Å²) >= 11 is 0. The van der Waals surface area contributed by atoms with Gasteiger partial charge in [-0.1, -0.05) is 89.1 Å². The first-order valence-corrected chi connectivity index (χ1v) is 12.5. The molecule has 1 amide bonds. The summed E-state index contributed by atoms with van der Waals surface area (Å²) in [6.07, 6.45) is 10.4. The minimum atomic E-state index is 0.0263. The van der Waals surface area contributed by atoms with Gasteiger partial charge in [0.2, 0.25) is 5.91 Å². The van der Waals surface area contributed by atoms with Crippen molar-refractivity contribution in [2.75, 3.05) is 6.54 Å². The molecule has 0 spiro atoms. The van der Waals surface area contributed by atoms with E-state index < -0.39 is 0 Å². The molecule has 184 valence electrons. The lowest BCUT2D eigenvalue weighted by atomic mass is 9.96. The number of aryl methyl sites for hydroxylation is 1. The Hall–Kier alpha value is -2.62. The molecule has 0 aromatic heterocycles. The largest absolute Gasteiger partial charge is 0.385 e. The van der Waals surface area contributed by atoms with Crippen LogP contribution in [0, 0.1) is 12.8 Å². The molecule has 1 aliphatic rings. The van der Waals surface area contributed by atoms with Crippen molar-refractivity contribution in [3.63, 3.8) is 0 Å². The van der Waals surface area contributed by atoms with Crippen molar-refractivity contribution in [1.82, 2.24) is 10.6 Å². The second kappa shape index (κ2) is 18.9. The highest BCUT2D eigenvalue weighted by Gasteiger charge is 2.14. The van der Waals surface area contributed by atoms with Gasteiger partial charge in [0.05, 0.1) is 0 Å². The van der Waals surface area contributed by atoms with E-state index in [2.05, 4.69) is 62.2 Å². The Kier molecular flexibility index (Phi) is 17.4. The highest BCUT2D eigenvalue weighted by atomic mass is 16.1. The molecule has 33 heavy (non-hydrogen) atoms. The van der Waals surface area contributed by atoms with Gasteiger partial charge in [0, 0.05) is 24.4 Å². The Morgan fingerprint density at radius 2 is 1.64 bits per heavy atom. The first-order valence-electron chi connectivity index (χ1n) is 12.5. The number of nitrogens with one attached hydrogen (secondary N) is 2. The Morgan fingerprint density at radius 3 is 2.09 bits per heavy atom. The van der Waals surface area contributed by atoms with Crippen LogP contribution in [0.4, 0.5) is 0 Å². The molecule has 4 nitrogen and oxygen atoms in total. The third-order valence-corrected chi connectivity index (χ3v) is 5.28. The fourth-order valence-electron chi connectivity index (χ4n) is 3.42. The van der Waals surface area contributed by atoms with E-state index in [1.165, 1.54) is 24.0 Å². The summed E-state index contributed by atoms with van der Waals surface area (Å²) < 4.78 is 0. The van der Waals surface area contributed by atoms with E-state index >= 15 is 0 Å². The Morgan fingerprint density at radius 1 is 1.03 bits per heavy atom. The maximum absolute atomic E-state index is 12.0. The molecule has 0 heterocycles. The van der Waals surface area contributed by atoms with Gasteiger partial charge < -0.3 is 10.6 Å². The molecule has 0 fully saturated rings. The minimum absolute atomic E-state index is 0.0263. The monoisotopic (exact) mass is 454 g/mol.